The minimum atomic E-state index is -0.815. The Labute approximate surface area is 142 Å². The van der Waals surface area contributed by atoms with Crippen LogP contribution in [0, 0.1) is 17.2 Å². The van der Waals surface area contributed by atoms with Crippen LogP contribution in [0.3, 0.4) is 0 Å². The van der Waals surface area contributed by atoms with E-state index in [1.54, 1.807) is 19.9 Å². The molecule has 2 unspecified atom stereocenters. The van der Waals surface area contributed by atoms with Crippen LogP contribution in [-0.2, 0) is 4.79 Å². The van der Waals surface area contributed by atoms with Crippen molar-refractivity contribution in [3.05, 3.63) is 35.6 Å². The smallest absolute Gasteiger partial charge is 0.254 e. The summed E-state index contributed by atoms with van der Waals surface area (Å²) in [6.45, 7) is 9.25. The van der Waals surface area contributed by atoms with Crippen molar-refractivity contribution in [2.45, 2.75) is 46.8 Å². The molecule has 2 atom stereocenters. The maximum absolute atomic E-state index is 13.7. The van der Waals surface area contributed by atoms with Gasteiger partial charge in [0.1, 0.15) is 11.9 Å². The minimum absolute atomic E-state index is 0.0844. The van der Waals surface area contributed by atoms with E-state index in [2.05, 4.69) is 10.6 Å². The normalized spacial score (nSPS) is 14.2. The molecule has 0 bridgehead atoms. The number of aliphatic hydroxyl groups is 1. The van der Waals surface area contributed by atoms with Crippen molar-refractivity contribution < 1.29 is 19.1 Å². The van der Waals surface area contributed by atoms with Gasteiger partial charge >= 0.3 is 0 Å². The summed E-state index contributed by atoms with van der Waals surface area (Å²) in [5, 5.41) is 15.2. The van der Waals surface area contributed by atoms with Crippen LogP contribution in [-0.4, -0.2) is 35.6 Å². The molecule has 6 heteroatoms. The summed E-state index contributed by atoms with van der Waals surface area (Å²) in [4.78, 5) is 24.5. The second-order valence-corrected chi connectivity index (χ2v) is 7.30. The van der Waals surface area contributed by atoms with Gasteiger partial charge in [-0.1, -0.05) is 46.8 Å². The quantitative estimate of drug-likeness (QED) is 0.743. The molecule has 1 aromatic carbocycles. The number of carbonyl (C=O) groups excluding carboxylic acids is 2. The lowest BCUT2D eigenvalue weighted by Gasteiger charge is -2.28. The molecule has 3 N–H and O–H groups in total. The van der Waals surface area contributed by atoms with Gasteiger partial charge in [0, 0.05) is 6.54 Å². The van der Waals surface area contributed by atoms with Crippen LogP contribution in [0.5, 0.6) is 0 Å². The number of hydrogen-bond donors (Lipinski definition) is 3. The molecule has 0 aliphatic rings. The Morgan fingerprint density at radius 1 is 1.21 bits per heavy atom. The molecule has 0 aromatic heterocycles. The lowest BCUT2D eigenvalue weighted by Crippen LogP contribution is -2.52. The predicted octanol–water partition coefficient (Wildman–Crippen LogP) is 2.10. The lowest BCUT2D eigenvalue weighted by molar-refractivity contribution is -0.124. The molecule has 0 saturated heterocycles. The molecular weight excluding hydrogens is 311 g/mol. The van der Waals surface area contributed by atoms with Crippen LogP contribution >= 0.6 is 0 Å². The Balaban J connectivity index is 2.75. The van der Waals surface area contributed by atoms with E-state index in [4.69, 9.17) is 0 Å². The zero-order valence-corrected chi connectivity index (χ0v) is 14.9. The van der Waals surface area contributed by atoms with Gasteiger partial charge in [0.2, 0.25) is 5.91 Å². The van der Waals surface area contributed by atoms with Crippen molar-refractivity contribution >= 4 is 11.8 Å². The van der Waals surface area contributed by atoms with Crippen LogP contribution in [0.2, 0.25) is 0 Å². The van der Waals surface area contributed by atoms with Crippen molar-refractivity contribution in [1.82, 2.24) is 10.6 Å². The number of hydrogen-bond acceptors (Lipinski definition) is 3. The van der Waals surface area contributed by atoms with Gasteiger partial charge in [-0.2, -0.15) is 0 Å². The van der Waals surface area contributed by atoms with E-state index in [1.165, 1.54) is 18.2 Å². The standard InChI is InChI=1S/C18H27FN2O3/c1-11(2)15(17(24)20-10-14(22)18(3,4)5)21-16(23)12-8-6-7-9-13(12)19/h6-9,11,14-15,22H,10H2,1-5H3,(H,20,24)(H,21,23). The lowest BCUT2D eigenvalue weighted by atomic mass is 9.89. The first kappa shape index (κ1) is 20.1. The highest BCUT2D eigenvalue weighted by atomic mass is 19.1. The maximum Gasteiger partial charge on any atom is 0.254 e. The van der Waals surface area contributed by atoms with Gasteiger partial charge in [0.15, 0.2) is 0 Å². The Kier molecular flexibility index (Phi) is 6.90. The van der Waals surface area contributed by atoms with E-state index in [0.29, 0.717) is 0 Å². The van der Waals surface area contributed by atoms with Crippen LogP contribution in [0.25, 0.3) is 0 Å². The summed E-state index contributed by atoms with van der Waals surface area (Å²) in [6, 6.07) is 4.79. The number of rotatable bonds is 6. The Morgan fingerprint density at radius 3 is 2.29 bits per heavy atom. The van der Waals surface area contributed by atoms with Crippen LogP contribution in [0.4, 0.5) is 4.39 Å². The fourth-order valence-corrected chi connectivity index (χ4v) is 2.01. The molecule has 0 saturated carbocycles. The number of carbonyl (C=O) groups is 2. The number of benzene rings is 1. The maximum atomic E-state index is 13.7. The fourth-order valence-electron chi connectivity index (χ4n) is 2.01. The zero-order chi connectivity index (χ0) is 18.5. The van der Waals surface area contributed by atoms with E-state index in [-0.39, 0.29) is 23.4 Å². The molecule has 0 heterocycles. The molecule has 24 heavy (non-hydrogen) atoms. The molecule has 1 aromatic rings. The SMILES string of the molecule is CC(C)C(NC(=O)c1ccccc1F)C(=O)NCC(O)C(C)(C)C. The van der Waals surface area contributed by atoms with Crippen molar-refractivity contribution in [2.24, 2.45) is 11.3 Å². The van der Waals surface area contributed by atoms with Crippen molar-refractivity contribution in [1.29, 1.82) is 0 Å². The summed E-state index contributed by atoms with van der Waals surface area (Å²) in [6.07, 6.45) is -0.712. The first-order chi connectivity index (χ1) is 11.0. The van der Waals surface area contributed by atoms with E-state index in [1.807, 2.05) is 20.8 Å². The second-order valence-electron chi connectivity index (χ2n) is 7.30. The average molecular weight is 338 g/mol. The average Bonchev–Trinajstić information content (AvgIpc) is 2.48. The molecule has 0 aliphatic carbocycles. The minimum Gasteiger partial charge on any atom is -0.391 e. The molecule has 5 nitrogen and oxygen atoms in total. The van der Waals surface area contributed by atoms with Gasteiger partial charge < -0.3 is 15.7 Å². The van der Waals surface area contributed by atoms with Gasteiger partial charge in [-0.05, 0) is 23.5 Å². The summed E-state index contributed by atoms with van der Waals surface area (Å²) >= 11 is 0. The highest BCUT2D eigenvalue weighted by Crippen LogP contribution is 2.18. The first-order valence-electron chi connectivity index (χ1n) is 8.05. The molecule has 0 fully saturated rings. The molecular formula is C18H27FN2O3. The summed E-state index contributed by atoms with van der Waals surface area (Å²) in [7, 11) is 0. The third-order valence-electron chi connectivity index (χ3n) is 3.82. The van der Waals surface area contributed by atoms with Crippen LogP contribution in [0.15, 0.2) is 24.3 Å². The van der Waals surface area contributed by atoms with Gasteiger partial charge in [-0.15, -0.1) is 0 Å². The summed E-state index contributed by atoms with van der Waals surface area (Å²) in [5.41, 5.74) is -0.470. The first-order valence-corrected chi connectivity index (χ1v) is 8.05. The van der Waals surface area contributed by atoms with E-state index >= 15 is 0 Å². The van der Waals surface area contributed by atoms with E-state index in [9.17, 15) is 19.1 Å². The van der Waals surface area contributed by atoms with Crippen molar-refractivity contribution in [3.8, 4) is 0 Å². The van der Waals surface area contributed by atoms with Crippen molar-refractivity contribution in [2.75, 3.05) is 6.54 Å². The largest absolute Gasteiger partial charge is 0.391 e. The van der Waals surface area contributed by atoms with Gasteiger partial charge in [0.05, 0.1) is 11.7 Å². The fraction of sp³-hybridized carbons (Fsp3) is 0.556. The highest BCUT2D eigenvalue weighted by Gasteiger charge is 2.28. The predicted molar refractivity (Wildman–Crippen MR) is 91.0 cm³/mol. The molecule has 0 aliphatic heterocycles. The Bertz CT molecular complexity index is 582. The summed E-state index contributed by atoms with van der Waals surface area (Å²) in [5.74, 6) is -1.87. The monoisotopic (exact) mass is 338 g/mol. The van der Waals surface area contributed by atoms with Crippen molar-refractivity contribution in [3.63, 3.8) is 0 Å². The number of amides is 2. The number of nitrogens with one attached hydrogen (secondary N) is 2. The third-order valence-corrected chi connectivity index (χ3v) is 3.82. The molecule has 0 spiro atoms. The molecule has 0 radical (unpaired) electrons. The Hall–Kier alpha value is -1.95. The zero-order valence-electron chi connectivity index (χ0n) is 14.9. The third kappa shape index (κ3) is 5.60. The second kappa shape index (κ2) is 8.24. The number of halogens is 1. The van der Waals surface area contributed by atoms with E-state index < -0.39 is 29.8 Å². The van der Waals surface area contributed by atoms with Gasteiger partial charge in [0.25, 0.3) is 5.91 Å². The van der Waals surface area contributed by atoms with Crippen LogP contribution in [0.1, 0.15) is 45.0 Å². The highest BCUT2D eigenvalue weighted by molar-refractivity contribution is 5.97. The molecule has 2 amide bonds. The molecule has 134 valence electrons. The van der Waals surface area contributed by atoms with E-state index in [0.717, 1.165) is 0 Å². The topological polar surface area (TPSA) is 78.4 Å². The number of aliphatic hydroxyl groups excluding tert-OH is 1. The van der Waals surface area contributed by atoms with Gasteiger partial charge in [-0.3, -0.25) is 9.59 Å². The summed E-state index contributed by atoms with van der Waals surface area (Å²) < 4.78 is 13.7. The van der Waals surface area contributed by atoms with Gasteiger partial charge in [-0.25, -0.2) is 4.39 Å². The molecule has 1 rings (SSSR count). The Morgan fingerprint density at radius 2 is 1.79 bits per heavy atom. The van der Waals surface area contributed by atoms with Crippen LogP contribution < -0.4 is 10.6 Å².